The number of anilines is 12. The molecule has 0 radical (unpaired) electrons. The van der Waals surface area contributed by atoms with E-state index in [1.807, 2.05) is 0 Å². The molecule has 0 amide bonds. The van der Waals surface area contributed by atoms with Crippen LogP contribution in [-0.2, 0) is 17.3 Å². The fraction of sp³-hybridized carbons (Fsp3) is 0.138. The van der Waals surface area contributed by atoms with Crippen LogP contribution >= 0.6 is 0 Å². The van der Waals surface area contributed by atoms with Crippen molar-refractivity contribution in [2.75, 3.05) is 19.6 Å². The maximum Gasteiger partial charge on any atom is 0.103 e. The summed E-state index contributed by atoms with van der Waals surface area (Å²) in [4.78, 5) is 9.37. The van der Waals surface area contributed by atoms with E-state index in [1.54, 1.807) is 0 Å². The molecule has 1 aliphatic carbocycles. The summed E-state index contributed by atoms with van der Waals surface area (Å²) in [5.74, 6) is 0. The van der Waals surface area contributed by atoms with Gasteiger partial charge in [-0.1, -0.05) is 159 Å². The van der Waals surface area contributed by atoms with Crippen LogP contribution in [0, 0.1) is 50.4 Å². The van der Waals surface area contributed by atoms with Gasteiger partial charge in [-0.2, -0.15) is 10.5 Å². The lowest BCUT2D eigenvalue weighted by Gasteiger charge is -2.46. The van der Waals surface area contributed by atoms with Crippen molar-refractivity contribution in [2.24, 2.45) is 0 Å². The van der Waals surface area contributed by atoms with Gasteiger partial charge in [0.1, 0.15) is 12.1 Å². The number of para-hydroxylation sites is 10. The van der Waals surface area contributed by atoms with Crippen LogP contribution in [0.15, 0.2) is 194 Å². The van der Waals surface area contributed by atoms with Gasteiger partial charge in [-0.15, -0.1) is 0 Å². The van der Waals surface area contributed by atoms with Crippen LogP contribution in [0.2, 0.25) is 0 Å². The van der Waals surface area contributed by atoms with Gasteiger partial charge in [0.2, 0.25) is 0 Å². The van der Waals surface area contributed by atoms with Gasteiger partial charge in [-0.25, -0.2) is 0 Å². The monoisotopic (exact) mass is 916 g/mol. The van der Waals surface area contributed by atoms with E-state index in [9.17, 15) is 10.5 Å². The normalized spacial score (nSPS) is 14.6. The van der Waals surface area contributed by atoms with Crippen molar-refractivity contribution in [3.63, 3.8) is 0 Å². The fourth-order valence-corrected chi connectivity index (χ4v) is 12.7. The first-order valence-corrected chi connectivity index (χ1v) is 24.5. The lowest BCUT2D eigenvalue weighted by molar-refractivity contribution is 0.335. The van der Waals surface area contributed by atoms with Crippen molar-refractivity contribution in [2.45, 2.75) is 58.8 Å². The summed E-state index contributed by atoms with van der Waals surface area (Å²) in [6, 6.07) is 74.3. The second-order valence-electron chi connectivity index (χ2n) is 19.7. The molecule has 9 aromatic rings. The average Bonchev–Trinajstić information content (AvgIpc) is 3.66. The molecule has 71 heavy (non-hydrogen) atoms. The van der Waals surface area contributed by atoms with Gasteiger partial charge in [0, 0.05) is 10.8 Å². The Morgan fingerprint density at radius 3 is 0.958 bits per heavy atom. The highest BCUT2D eigenvalue weighted by molar-refractivity contribution is 6.08. The highest BCUT2D eigenvalue weighted by Crippen LogP contribution is 2.67. The molecule has 0 N–H and O–H groups in total. The zero-order valence-corrected chi connectivity index (χ0v) is 40.9. The molecular formula is C65H52N6. The molecule has 0 aromatic heterocycles. The number of hydrogen-bond acceptors (Lipinski definition) is 6. The van der Waals surface area contributed by atoms with Crippen LogP contribution < -0.4 is 19.6 Å². The Morgan fingerprint density at radius 2 is 0.634 bits per heavy atom. The largest absolute Gasteiger partial charge is 0.306 e. The van der Waals surface area contributed by atoms with E-state index < -0.39 is 10.8 Å². The van der Waals surface area contributed by atoms with Crippen LogP contribution in [0.25, 0.3) is 0 Å². The molecule has 0 bridgehead atoms. The van der Waals surface area contributed by atoms with Crippen molar-refractivity contribution in [3.8, 4) is 12.1 Å². The molecule has 6 nitrogen and oxygen atoms in total. The van der Waals surface area contributed by atoms with Gasteiger partial charge >= 0.3 is 0 Å². The molecule has 0 fully saturated rings. The summed E-state index contributed by atoms with van der Waals surface area (Å²) in [7, 11) is 0. The third-order valence-electron chi connectivity index (χ3n) is 15.7. The summed E-state index contributed by atoms with van der Waals surface area (Å²) in [6.07, 6.45) is 0.555. The van der Waals surface area contributed by atoms with E-state index in [2.05, 4.69) is 267 Å². The van der Waals surface area contributed by atoms with E-state index in [1.165, 1.54) is 11.1 Å². The Kier molecular flexibility index (Phi) is 10.0. The molecule has 0 atom stereocenters. The fourth-order valence-electron chi connectivity index (χ4n) is 12.7. The number of nitrogens with zero attached hydrogens (tertiary/aromatic N) is 6. The quantitative estimate of drug-likeness (QED) is 0.166. The molecule has 0 saturated carbocycles. The number of fused-ring (bicyclic) bond motifs is 5. The zero-order chi connectivity index (χ0) is 48.8. The predicted octanol–water partition coefficient (Wildman–Crippen LogP) is 17.0. The minimum absolute atomic E-state index is 0.337. The first-order chi connectivity index (χ1) is 34.6. The number of hydrogen-bond donors (Lipinski definition) is 0. The molecule has 0 spiro atoms. The number of nitriles is 2. The summed E-state index contributed by atoms with van der Waals surface area (Å²) in [6.45, 7) is 13.4. The Labute approximate surface area is 417 Å². The standard InChI is InChI=1S/C65H52N6/c1-42-23-21-24-43(2)60(42)68-51-31-13-17-35-55(51)70(56-36-18-14-32-52(56)68)62-48-39-65(46-27-9-7-10-28-46,47-29-11-8-12-30-47)64(5,6)59(48)63(50(41-67)49(62)40-66)71-57-37-19-15-33-53(57)69(54-34-16-20-38-58(54)71)61-44(3)25-22-26-45(61)4/h7-38H,39H2,1-6H3. The first-order valence-electron chi connectivity index (χ1n) is 24.5. The molecule has 2 heterocycles. The molecule has 342 valence electrons. The van der Waals surface area contributed by atoms with Gasteiger partial charge in [0.05, 0.1) is 79.4 Å². The van der Waals surface area contributed by atoms with Crippen LogP contribution in [0.1, 0.15) is 69.5 Å². The van der Waals surface area contributed by atoms with Crippen LogP contribution in [0.4, 0.5) is 68.2 Å². The minimum atomic E-state index is -0.693. The van der Waals surface area contributed by atoms with Gasteiger partial charge in [-0.05, 0) is 127 Å². The Hall–Kier alpha value is -8.84. The lowest BCUT2D eigenvalue weighted by atomic mass is 9.58. The molecule has 6 heteroatoms. The van der Waals surface area contributed by atoms with Crippen molar-refractivity contribution in [3.05, 3.63) is 250 Å². The van der Waals surface area contributed by atoms with E-state index in [4.69, 9.17) is 0 Å². The van der Waals surface area contributed by atoms with Gasteiger partial charge in [0.25, 0.3) is 0 Å². The molecule has 12 rings (SSSR count). The molecule has 0 saturated heterocycles. The Balaban J connectivity index is 1.24. The number of rotatable bonds is 6. The van der Waals surface area contributed by atoms with Gasteiger partial charge in [-0.3, -0.25) is 0 Å². The summed E-state index contributed by atoms with van der Waals surface area (Å²) in [5, 5.41) is 24.2. The second-order valence-corrected chi connectivity index (χ2v) is 19.7. The van der Waals surface area contributed by atoms with Crippen LogP contribution in [0.5, 0.6) is 0 Å². The smallest absolute Gasteiger partial charge is 0.103 e. The predicted molar refractivity (Wildman–Crippen MR) is 291 cm³/mol. The number of aryl methyl sites for hydroxylation is 4. The average molecular weight is 917 g/mol. The number of benzene rings is 9. The highest BCUT2D eigenvalue weighted by atomic mass is 15.3. The third kappa shape index (κ3) is 6.11. The molecule has 9 aromatic carbocycles. The van der Waals surface area contributed by atoms with Crippen molar-refractivity contribution < 1.29 is 0 Å². The summed E-state index contributed by atoms with van der Waals surface area (Å²) < 4.78 is 0. The van der Waals surface area contributed by atoms with Crippen LogP contribution in [0.3, 0.4) is 0 Å². The van der Waals surface area contributed by atoms with Gasteiger partial charge in [0.15, 0.2) is 0 Å². The van der Waals surface area contributed by atoms with Crippen molar-refractivity contribution >= 4 is 68.2 Å². The third-order valence-corrected chi connectivity index (χ3v) is 15.7. The van der Waals surface area contributed by atoms with Crippen molar-refractivity contribution in [1.82, 2.24) is 0 Å². The molecule has 0 unspecified atom stereocenters. The van der Waals surface area contributed by atoms with E-state index >= 15 is 0 Å². The second kappa shape index (κ2) is 16.4. The topological polar surface area (TPSA) is 60.5 Å². The van der Waals surface area contributed by atoms with Gasteiger partial charge < -0.3 is 19.6 Å². The van der Waals surface area contributed by atoms with Crippen LogP contribution in [-0.4, -0.2) is 0 Å². The summed E-state index contributed by atoms with van der Waals surface area (Å²) in [5.41, 5.74) is 19.8. The zero-order valence-electron chi connectivity index (χ0n) is 40.9. The molecular weight excluding hydrogens is 865 g/mol. The SMILES string of the molecule is Cc1cccc(C)c1N1c2ccccc2N(c2c(C#N)c(C#N)c(N3c4ccccc4N(c4c(C)cccc4C)c4ccccc43)c3c2CC(c2ccccc2)(c2ccccc2)C3(C)C)c2ccccc21. The van der Waals surface area contributed by atoms with E-state index in [0.717, 1.165) is 102 Å². The highest BCUT2D eigenvalue weighted by Gasteiger charge is 2.58. The minimum Gasteiger partial charge on any atom is -0.306 e. The molecule has 3 aliphatic rings. The lowest BCUT2D eigenvalue weighted by Crippen LogP contribution is -2.43. The summed E-state index contributed by atoms with van der Waals surface area (Å²) >= 11 is 0. The Bertz CT molecular complexity index is 3530. The van der Waals surface area contributed by atoms with E-state index in [-0.39, 0.29) is 0 Å². The first kappa shape index (κ1) is 43.4. The molecule has 2 aliphatic heterocycles. The van der Waals surface area contributed by atoms with E-state index in [0.29, 0.717) is 17.5 Å². The Morgan fingerprint density at radius 1 is 0.352 bits per heavy atom. The maximum absolute atomic E-state index is 12.1. The van der Waals surface area contributed by atoms with Crippen molar-refractivity contribution in [1.29, 1.82) is 10.5 Å². The maximum atomic E-state index is 12.1.